The number of nitriles is 1. The molecule has 0 spiro atoms. The lowest BCUT2D eigenvalue weighted by molar-refractivity contribution is -0.123. The number of carbonyl (C=O) groups excluding carboxylic acids is 3. The van der Waals surface area contributed by atoms with Gasteiger partial charge in [0, 0.05) is 5.56 Å². The highest BCUT2D eigenvalue weighted by Crippen LogP contribution is 2.38. The van der Waals surface area contributed by atoms with Crippen LogP contribution in [-0.2, 0) is 22.7 Å². The molecule has 3 aromatic rings. The summed E-state index contributed by atoms with van der Waals surface area (Å²) in [5, 5.41) is 8.85. The van der Waals surface area contributed by atoms with Crippen LogP contribution in [0.15, 0.2) is 57.9 Å². The number of nitrogens with zero attached hydrogens (tertiary/aromatic N) is 2. The predicted octanol–water partition coefficient (Wildman–Crippen LogP) is 5.37. The van der Waals surface area contributed by atoms with Crippen molar-refractivity contribution in [3.63, 3.8) is 0 Å². The van der Waals surface area contributed by atoms with Crippen molar-refractivity contribution < 1.29 is 33.0 Å². The van der Waals surface area contributed by atoms with Crippen LogP contribution in [0.1, 0.15) is 33.0 Å². The molecule has 188 valence electrons. The lowest BCUT2D eigenvalue weighted by atomic mass is 10.1. The minimum absolute atomic E-state index is 0.0138. The van der Waals surface area contributed by atoms with Crippen molar-refractivity contribution in [1.82, 2.24) is 4.90 Å². The van der Waals surface area contributed by atoms with Crippen LogP contribution >= 0.6 is 34.4 Å². The molecule has 0 atom stereocenters. The SMILES string of the molecule is COC(=O)c1ccc(CN2C(=O)S/C(=C/c3cc(I)c(OCc4ccccc4C#N)c(OC)c3)C2=O)o1. The van der Waals surface area contributed by atoms with Crippen molar-refractivity contribution in [1.29, 1.82) is 5.26 Å². The van der Waals surface area contributed by atoms with Crippen LogP contribution in [0.4, 0.5) is 4.79 Å². The van der Waals surface area contributed by atoms with E-state index in [0.717, 1.165) is 25.8 Å². The molecule has 2 amide bonds. The third-order valence-corrected chi connectivity index (χ3v) is 7.00. The number of esters is 1. The van der Waals surface area contributed by atoms with Crippen LogP contribution < -0.4 is 9.47 Å². The van der Waals surface area contributed by atoms with Gasteiger partial charge in [0.2, 0.25) is 5.76 Å². The van der Waals surface area contributed by atoms with Crippen molar-refractivity contribution in [2.45, 2.75) is 13.2 Å². The number of methoxy groups -OCH3 is 2. The molecule has 0 N–H and O–H groups in total. The summed E-state index contributed by atoms with van der Waals surface area (Å²) in [4.78, 5) is 38.3. The second-order valence-electron chi connectivity index (χ2n) is 7.62. The average Bonchev–Trinajstić information content (AvgIpc) is 3.47. The van der Waals surface area contributed by atoms with Crippen LogP contribution in [0, 0.1) is 14.9 Å². The summed E-state index contributed by atoms with van der Waals surface area (Å²) in [6.07, 6.45) is 1.60. The Kier molecular flexibility index (Phi) is 8.20. The van der Waals surface area contributed by atoms with Crippen LogP contribution in [-0.4, -0.2) is 36.2 Å². The summed E-state index contributed by atoms with van der Waals surface area (Å²) >= 11 is 2.91. The summed E-state index contributed by atoms with van der Waals surface area (Å²) < 4.78 is 22.2. The van der Waals surface area contributed by atoms with Crippen molar-refractivity contribution in [2.24, 2.45) is 0 Å². The van der Waals surface area contributed by atoms with E-state index in [1.165, 1.54) is 26.4 Å². The zero-order chi connectivity index (χ0) is 26.5. The Morgan fingerprint density at radius 2 is 1.97 bits per heavy atom. The van der Waals surface area contributed by atoms with Crippen molar-refractivity contribution >= 4 is 57.5 Å². The van der Waals surface area contributed by atoms with E-state index in [-0.39, 0.29) is 29.6 Å². The Morgan fingerprint density at radius 3 is 2.70 bits per heavy atom. The van der Waals surface area contributed by atoms with Gasteiger partial charge in [-0.2, -0.15) is 5.26 Å². The van der Waals surface area contributed by atoms with E-state index in [0.29, 0.717) is 22.6 Å². The maximum Gasteiger partial charge on any atom is 0.373 e. The number of imide groups is 1. The maximum atomic E-state index is 12.9. The first-order chi connectivity index (χ1) is 17.8. The van der Waals surface area contributed by atoms with Gasteiger partial charge in [-0.15, -0.1) is 0 Å². The second kappa shape index (κ2) is 11.5. The van der Waals surface area contributed by atoms with Gasteiger partial charge in [0.25, 0.3) is 11.1 Å². The Labute approximate surface area is 230 Å². The number of amides is 2. The van der Waals surface area contributed by atoms with E-state index in [4.69, 9.17) is 13.9 Å². The van der Waals surface area contributed by atoms with Gasteiger partial charge in [0.15, 0.2) is 11.5 Å². The van der Waals surface area contributed by atoms with Gasteiger partial charge in [-0.3, -0.25) is 14.5 Å². The molecule has 2 aromatic carbocycles. The average molecular weight is 630 g/mol. The summed E-state index contributed by atoms with van der Waals surface area (Å²) in [7, 11) is 2.74. The number of ether oxygens (including phenoxy) is 3. The lowest BCUT2D eigenvalue weighted by Gasteiger charge is -2.14. The smallest absolute Gasteiger partial charge is 0.373 e. The Bertz CT molecular complexity index is 1460. The van der Waals surface area contributed by atoms with Crippen molar-refractivity contribution in [3.8, 4) is 17.6 Å². The molecule has 11 heteroatoms. The molecule has 1 fully saturated rings. The number of furan rings is 1. The van der Waals surface area contributed by atoms with Gasteiger partial charge in [-0.1, -0.05) is 18.2 Å². The number of rotatable bonds is 8. The van der Waals surface area contributed by atoms with Gasteiger partial charge in [-0.25, -0.2) is 4.79 Å². The second-order valence-corrected chi connectivity index (χ2v) is 9.77. The van der Waals surface area contributed by atoms with E-state index in [1.54, 1.807) is 30.3 Å². The van der Waals surface area contributed by atoms with Crippen LogP contribution in [0.3, 0.4) is 0 Å². The largest absolute Gasteiger partial charge is 0.493 e. The van der Waals surface area contributed by atoms with E-state index in [2.05, 4.69) is 33.4 Å². The number of hydrogen-bond donors (Lipinski definition) is 0. The first-order valence-corrected chi connectivity index (χ1v) is 12.6. The van der Waals surface area contributed by atoms with E-state index < -0.39 is 17.1 Å². The molecular weight excluding hydrogens is 611 g/mol. The first-order valence-electron chi connectivity index (χ1n) is 10.7. The highest BCUT2D eigenvalue weighted by molar-refractivity contribution is 14.1. The van der Waals surface area contributed by atoms with Crippen LogP contribution in [0.5, 0.6) is 11.5 Å². The van der Waals surface area contributed by atoms with Gasteiger partial charge >= 0.3 is 5.97 Å². The lowest BCUT2D eigenvalue weighted by Crippen LogP contribution is -2.27. The minimum Gasteiger partial charge on any atom is -0.493 e. The van der Waals surface area contributed by atoms with E-state index >= 15 is 0 Å². The third-order valence-electron chi connectivity index (χ3n) is 5.30. The molecule has 1 saturated heterocycles. The van der Waals surface area contributed by atoms with Crippen molar-refractivity contribution in [3.05, 3.63) is 85.2 Å². The molecule has 0 aliphatic carbocycles. The summed E-state index contributed by atoms with van der Waals surface area (Å²) in [5.74, 6) is 0.0804. The molecule has 1 aromatic heterocycles. The standard InChI is InChI=1S/C26H19IN2O7S/c1-33-21-10-15(9-19(27)23(21)35-14-17-6-4-3-5-16(17)12-28)11-22-24(30)29(26(32)37-22)13-18-7-8-20(36-18)25(31)34-2/h3-11H,13-14H2,1-2H3/b22-11+. The number of thioether (sulfide) groups is 1. The number of hydrogen-bond acceptors (Lipinski definition) is 9. The normalized spacial score (nSPS) is 14.1. The van der Waals surface area contributed by atoms with Gasteiger partial charge in [0.1, 0.15) is 12.4 Å². The zero-order valence-electron chi connectivity index (χ0n) is 19.6. The number of carbonyl (C=O) groups is 3. The monoisotopic (exact) mass is 630 g/mol. The summed E-state index contributed by atoms with van der Waals surface area (Å²) in [6, 6.07) is 15.8. The Balaban J connectivity index is 1.52. The first kappa shape index (κ1) is 26.3. The molecule has 2 heterocycles. The molecule has 0 unspecified atom stereocenters. The third kappa shape index (κ3) is 5.81. The van der Waals surface area contributed by atoms with Gasteiger partial charge in [-0.05, 0) is 76.3 Å². The number of benzene rings is 2. The van der Waals surface area contributed by atoms with E-state index in [9.17, 15) is 19.6 Å². The molecule has 0 saturated carbocycles. The van der Waals surface area contributed by atoms with Gasteiger partial charge < -0.3 is 18.6 Å². The number of halogens is 1. The highest BCUT2D eigenvalue weighted by atomic mass is 127. The molecular formula is C26H19IN2O7S. The molecule has 0 radical (unpaired) electrons. The highest BCUT2D eigenvalue weighted by Gasteiger charge is 2.36. The minimum atomic E-state index is -0.648. The van der Waals surface area contributed by atoms with Gasteiger partial charge in [0.05, 0.1) is 40.9 Å². The molecule has 0 bridgehead atoms. The summed E-state index contributed by atoms with van der Waals surface area (Å²) in [5.41, 5.74) is 1.92. The fourth-order valence-electron chi connectivity index (χ4n) is 3.49. The molecule has 1 aliphatic rings. The van der Waals surface area contributed by atoms with Crippen molar-refractivity contribution in [2.75, 3.05) is 14.2 Å². The zero-order valence-corrected chi connectivity index (χ0v) is 22.6. The fourth-order valence-corrected chi connectivity index (χ4v) is 5.10. The van der Waals surface area contributed by atoms with Crippen LogP contribution in [0.25, 0.3) is 6.08 Å². The predicted molar refractivity (Wildman–Crippen MR) is 143 cm³/mol. The summed E-state index contributed by atoms with van der Waals surface area (Å²) in [6.45, 7) is 0.0651. The van der Waals surface area contributed by atoms with E-state index in [1.807, 2.05) is 12.1 Å². The maximum absolute atomic E-state index is 12.9. The quantitative estimate of drug-likeness (QED) is 0.184. The molecule has 4 rings (SSSR count). The molecule has 1 aliphatic heterocycles. The molecule has 9 nitrogen and oxygen atoms in total. The Morgan fingerprint density at radius 1 is 1.19 bits per heavy atom. The molecule has 37 heavy (non-hydrogen) atoms. The Hall–Kier alpha value is -3.76. The fraction of sp³-hybridized carbons (Fsp3) is 0.154. The van der Waals surface area contributed by atoms with Crippen LogP contribution in [0.2, 0.25) is 0 Å². The topological polar surface area (TPSA) is 119 Å².